The van der Waals surface area contributed by atoms with Crippen molar-refractivity contribution < 1.29 is 14.3 Å². The third kappa shape index (κ3) is 5.56. The minimum Gasteiger partial charge on any atom is -0.465 e. The number of rotatable bonds is 8. The van der Waals surface area contributed by atoms with Gasteiger partial charge in [0.05, 0.1) is 12.7 Å². The number of carbonyl (C=O) groups excluding carboxylic acids is 2. The fourth-order valence-electron chi connectivity index (χ4n) is 2.14. The van der Waals surface area contributed by atoms with Crippen molar-refractivity contribution in [1.29, 1.82) is 0 Å². The van der Waals surface area contributed by atoms with Crippen LogP contribution in [-0.2, 0) is 4.74 Å². The van der Waals surface area contributed by atoms with Crippen LogP contribution >= 0.6 is 0 Å². The van der Waals surface area contributed by atoms with E-state index in [1.807, 2.05) is 0 Å². The number of ether oxygens (including phenoxy) is 1. The maximum absolute atomic E-state index is 11.9. The molecule has 2 aromatic rings. The maximum atomic E-state index is 11.9. The summed E-state index contributed by atoms with van der Waals surface area (Å²) in [5.41, 5.74) is 1.50. The number of nitrogens with one attached hydrogen (secondary N) is 2. The molecule has 1 amide bonds. The molecule has 0 fully saturated rings. The van der Waals surface area contributed by atoms with Crippen molar-refractivity contribution in [2.24, 2.45) is 0 Å². The van der Waals surface area contributed by atoms with E-state index in [1.165, 1.54) is 7.11 Å². The Bertz CT molecular complexity index is 699. The summed E-state index contributed by atoms with van der Waals surface area (Å²) in [6.45, 7) is 2.75. The average Bonchev–Trinajstić information content (AvgIpc) is 2.65. The smallest absolute Gasteiger partial charge is 0.337 e. The molecule has 0 atom stereocenters. The van der Waals surface area contributed by atoms with E-state index in [2.05, 4.69) is 32.5 Å². The Hall–Kier alpha value is -2.96. The number of benzene rings is 1. The molecule has 0 aliphatic rings. The fourth-order valence-corrected chi connectivity index (χ4v) is 2.14. The third-order valence-electron chi connectivity index (χ3n) is 3.54. The van der Waals surface area contributed by atoms with E-state index in [9.17, 15) is 9.59 Å². The Labute approximate surface area is 146 Å². The predicted octanol–water partition coefficient (Wildman–Crippen LogP) is 2.93. The van der Waals surface area contributed by atoms with Gasteiger partial charge >= 0.3 is 5.97 Å². The first kappa shape index (κ1) is 18.4. The van der Waals surface area contributed by atoms with Crippen LogP contribution in [0, 0.1) is 0 Å². The maximum Gasteiger partial charge on any atom is 0.337 e. The van der Waals surface area contributed by atoms with Crippen LogP contribution in [0.1, 0.15) is 47.0 Å². The zero-order valence-electron chi connectivity index (χ0n) is 14.4. The van der Waals surface area contributed by atoms with Gasteiger partial charge in [-0.2, -0.15) is 0 Å². The van der Waals surface area contributed by atoms with Crippen LogP contribution in [-0.4, -0.2) is 35.7 Å². The van der Waals surface area contributed by atoms with Gasteiger partial charge in [-0.1, -0.05) is 19.8 Å². The summed E-state index contributed by atoms with van der Waals surface area (Å²) in [6.07, 6.45) is 3.15. The first-order valence-electron chi connectivity index (χ1n) is 8.21. The minimum absolute atomic E-state index is 0.224. The van der Waals surface area contributed by atoms with Crippen molar-refractivity contribution in [2.45, 2.75) is 26.2 Å². The number of hydrogen-bond acceptors (Lipinski definition) is 6. The molecule has 0 radical (unpaired) electrons. The number of anilines is 2. The Morgan fingerprint density at radius 3 is 2.40 bits per heavy atom. The van der Waals surface area contributed by atoms with Gasteiger partial charge in [-0.15, -0.1) is 10.2 Å². The molecule has 7 heteroatoms. The lowest BCUT2D eigenvalue weighted by molar-refractivity contribution is 0.0600. The number of carbonyl (C=O) groups is 2. The summed E-state index contributed by atoms with van der Waals surface area (Å²) in [7, 11) is 1.34. The van der Waals surface area contributed by atoms with E-state index in [0.29, 0.717) is 17.9 Å². The largest absolute Gasteiger partial charge is 0.465 e. The van der Waals surface area contributed by atoms with E-state index in [4.69, 9.17) is 0 Å². The molecule has 2 N–H and O–H groups in total. The van der Waals surface area contributed by atoms with Crippen molar-refractivity contribution in [3.8, 4) is 0 Å². The molecule has 132 valence electrons. The molecule has 0 bridgehead atoms. The molecule has 7 nitrogen and oxygen atoms in total. The van der Waals surface area contributed by atoms with Gasteiger partial charge in [0.25, 0.3) is 5.91 Å². The highest BCUT2D eigenvalue weighted by molar-refractivity contribution is 5.92. The first-order valence-corrected chi connectivity index (χ1v) is 8.21. The molecule has 25 heavy (non-hydrogen) atoms. The van der Waals surface area contributed by atoms with Gasteiger partial charge in [-0.05, 0) is 42.8 Å². The molecule has 0 saturated heterocycles. The standard InChI is InChI=1S/C18H22N4O3/c1-3-4-5-12-19-17(23)15-10-11-16(22-21-15)20-14-8-6-13(7-9-14)18(24)25-2/h6-11H,3-5,12H2,1-2H3,(H,19,23)(H,20,22). The molecule has 1 heterocycles. The molecule has 0 unspecified atom stereocenters. The monoisotopic (exact) mass is 342 g/mol. The molecule has 0 aliphatic carbocycles. The van der Waals surface area contributed by atoms with Gasteiger partial charge in [0.1, 0.15) is 0 Å². The van der Waals surface area contributed by atoms with E-state index in [-0.39, 0.29) is 17.6 Å². The molecule has 1 aromatic heterocycles. The molecular weight excluding hydrogens is 320 g/mol. The minimum atomic E-state index is -0.388. The van der Waals surface area contributed by atoms with Crippen LogP contribution in [0.3, 0.4) is 0 Å². The summed E-state index contributed by atoms with van der Waals surface area (Å²) < 4.78 is 4.65. The second-order valence-electron chi connectivity index (χ2n) is 5.46. The van der Waals surface area contributed by atoms with Gasteiger partial charge < -0.3 is 15.4 Å². The first-order chi connectivity index (χ1) is 12.1. The van der Waals surface area contributed by atoms with E-state index >= 15 is 0 Å². The molecule has 1 aromatic carbocycles. The van der Waals surface area contributed by atoms with Crippen molar-refractivity contribution >= 4 is 23.4 Å². The second-order valence-corrected chi connectivity index (χ2v) is 5.46. The number of methoxy groups -OCH3 is 1. The van der Waals surface area contributed by atoms with E-state index < -0.39 is 0 Å². The summed E-state index contributed by atoms with van der Waals surface area (Å²) in [4.78, 5) is 23.3. The van der Waals surface area contributed by atoms with Gasteiger partial charge in [-0.3, -0.25) is 4.79 Å². The van der Waals surface area contributed by atoms with Gasteiger partial charge in [0.2, 0.25) is 0 Å². The second kappa shape index (κ2) is 9.36. The molecule has 2 rings (SSSR count). The lowest BCUT2D eigenvalue weighted by Gasteiger charge is -2.07. The van der Waals surface area contributed by atoms with Crippen molar-refractivity contribution in [1.82, 2.24) is 15.5 Å². The summed E-state index contributed by atoms with van der Waals surface area (Å²) in [5, 5.41) is 13.8. The lowest BCUT2D eigenvalue weighted by Crippen LogP contribution is -2.25. The molecule has 0 spiro atoms. The van der Waals surface area contributed by atoms with Crippen LogP contribution in [0.5, 0.6) is 0 Å². The van der Waals surface area contributed by atoms with Crippen molar-refractivity contribution in [2.75, 3.05) is 19.0 Å². The van der Waals surface area contributed by atoms with Crippen molar-refractivity contribution in [3.05, 3.63) is 47.7 Å². The van der Waals surface area contributed by atoms with Gasteiger partial charge in [-0.25, -0.2) is 4.79 Å². The molecule has 0 saturated carbocycles. The zero-order chi connectivity index (χ0) is 18.1. The van der Waals surface area contributed by atoms with Crippen LogP contribution in [0.4, 0.5) is 11.5 Å². The topological polar surface area (TPSA) is 93.2 Å². The van der Waals surface area contributed by atoms with Gasteiger partial charge in [0, 0.05) is 12.2 Å². The highest BCUT2D eigenvalue weighted by atomic mass is 16.5. The zero-order valence-corrected chi connectivity index (χ0v) is 14.4. The quantitative estimate of drug-likeness (QED) is 0.566. The van der Waals surface area contributed by atoms with Crippen molar-refractivity contribution in [3.63, 3.8) is 0 Å². The molecule has 0 aliphatic heterocycles. The number of esters is 1. The average molecular weight is 342 g/mol. The SMILES string of the molecule is CCCCCNC(=O)c1ccc(Nc2ccc(C(=O)OC)cc2)nn1. The van der Waals surface area contributed by atoms with Gasteiger partial charge in [0.15, 0.2) is 11.5 Å². The normalized spacial score (nSPS) is 10.2. The predicted molar refractivity (Wildman–Crippen MR) is 95.0 cm³/mol. The lowest BCUT2D eigenvalue weighted by atomic mass is 10.2. The summed E-state index contributed by atoms with van der Waals surface area (Å²) in [6, 6.07) is 10.1. The van der Waals surface area contributed by atoms with Crippen LogP contribution in [0.2, 0.25) is 0 Å². The number of nitrogens with zero attached hydrogens (tertiary/aromatic N) is 2. The Balaban J connectivity index is 1.91. The summed E-state index contributed by atoms with van der Waals surface area (Å²) in [5.74, 6) is -0.105. The van der Waals surface area contributed by atoms with Crippen LogP contribution in [0.25, 0.3) is 0 Å². The third-order valence-corrected chi connectivity index (χ3v) is 3.54. The number of hydrogen-bond donors (Lipinski definition) is 2. The van der Waals surface area contributed by atoms with E-state index in [1.54, 1.807) is 36.4 Å². The number of amides is 1. The number of aromatic nitrogens is 2. The van der Waals surface area contributed by atoms with Crippen LogP contribution in [0.15, 0.2) is 36.4 Å². The highest BCUT2D eigenvalue weighted by Crippen LogP contribution is 2.15. The molecular formula is C18H22N4O3. The Kier molecular flexibility index (Phi) is 6.88. The highest BCUT2D eigenvalue weighted by Gasteiger charge is 2.08. The van der Waals surface area contributed by atoms with Crippen LogP contribution < -0.4 is 10.6 Å². The fraction of sp³-hybridized carbons (Fsp3) is 0.333. The van der Waals surface area contributed by atoms with E-state index in [0.717, 1.165) is 24.9 Å². The summed E-state index contributed by atoms with van der Waals surface area (Å²) >= 11 is 0. The Morgan fingerprint density at radius 2 is 1.80 bits per heavy atom. The number of unbranched alkanes of at least 4 members (excludes halogenated alkanes) is 2. The Morgan fingerprint density at radius 1 is 1.04 bits per heavy atom.